The van der Waals surface area contributed by atoms with E-state index in [9.17, 15) is 0 Å². The van der Waals surface area contributed by atoms with Gasteiger partial charge in [-0.25, -0.2) is 4.39 Å². The first-order valence-corrected chi connectivity index (χ1v) is 9.67. The van der Waals surface area contributed by atoms with Gasteiger partial charge in [-0.3, -0.25) is 0 Å². The Morgan fingerprint density at radius 3 is 2.87 bits per heavy atom. The molecule has 2 heteroatoms. The highest BCUT2D eigenvalue weighted by Gasteiger charge is 2.79. The summed E-state index contributed by atoms with van der Waals surface area (Å²) in [5.41, 5.74) is 1.10. The SMILES string of the molecule is CC[C@H]1CC[C@H]2[C@@H]3C[C@H](F)C4=CCC=C[C@]4(C)[C@@]34O[C@H]4C[C@]12C. The molecule has 3 saturated carbocycles. The van der Waals surface area contributed by atoms with Gasteiger partial charge in [-0.2, -0.15) is 0 Å². The summed E-state index contributed by atoms with van der Waals surface area (Å²) in [6.45, 7) is 7.07. The number of rotatable bonds is 1. The number of epoxide rings is 1. The summed E-state index contributed by atoms with van der Waals surface area (Å²) in [6.07, 6.45) is 12.9. The lowest BCUT2D eigenvalue weighted by Crippen LogP contribution is -2.58. The molecule has 4 fully saturated rings. The Morgan fingerprint density at radius 2 is 2.09 bits per heavy atom. The molecule has 0 N–H and O–H groups in total. The molecule has 1 saturated heterocycles. The van der Waals surface area contributed by atoms with E-state index >= 15 is 4.39 Å². The van der Waals surface area contributed by atoms with E-state index in [-0.39, 0.29) is 11.0 Å². The van der Waals surface area contributed by atoms with Crippen molar-refractivity contribution >= 4 is 0 Å². The monoisotopic (exact) mass is 316 g/mol. The van der Waals surface area contributed by atoms with E-state index < -0.39 is 6.17 Å². The van der Waals surface area contributed by atoms with E-state index in [1.807, 2.05) is 0 Å². The lowest BCUT2D eigenvalue weighted by Gasteiger charge is -2.55. The molecular weight excluding hydrogens is 287 g/mol. The molecule has 0 radical (unpaired) electrons. The van der Waals surface area contributed by atoms with Crippen LogP contribution < -0.4 is 0 Å². The van der Waals surface area contributed by atoms with Crippen molar-refractivity contribution in [3.05, 3.63) is 23.8 Å². The zero-order chi connectivity index (χ0) is 16.0. The largest absolute Gasteiger partial charge is 0.364 e. The second-order valence-electron chi connectivity index (χ2n) is 9.21. The minimum Gasteiger partial charge on any atom is -0.364 e. The van der Waals surface area contributed by atoms with Gasteiger partial charge in [-0.15, -0.1) is 0 Å². The van der Waals surface area contributed by atoms with E-state index in [1.54, 1.807) is 0 Å². The highest BCUT2D eigenvalue weighted by Crippen LogP contribution is 2.75. The first-order chi connectivity index (χ1) is 11.0. The van der Waals surface area contributed by atoms with Crippen LogP contribution in [0.5, 0.6) is 0 Å². The zero-order valence-electron chi connectivity index (χ0n) is 14.6. The van der Waals surface area contributed by atoms with Crippen molar-refractivity contribution in [1.82, 2.24) is 0 Å². The van der Waals surface area contributed by atoms with Crippen LogP contribution in [-0.2, 0) is 4.74 Å². The van der Waals surface area contributed by atoms with Gasteiger partial charge in [-0.1, -0.05) is 38.5 Å². The third-order valence-electron chi connectivity index (χ3n) is 8.65. The average molecular weight is 316 g/mol. The van der Waals surface area contributed by atoms with Gasteiger partial charge in [0.05, 0.1) is 6.10 Å². The van der Waals surface area contributed by atoms with Crippen LogP contribution in [0.1, 0.15) is 59.3 Å². The van der Waals surface area contributed by atoms with Gasteiger partial charge in [0.1, 0.15) is 11.8 Å². The molecule has 23 heavy (non-hydrogen) atoms. The third kappa shape index (κ3) is 1.49. The number of halogens is 1. The van der Waals surface area contributed by atoms with Crippen molar-refractivity contribution < 1.29 is 9.13 Å². The van der Waals surface area contributed by atoms with Crippen molar-refractivity contribution in [1.29, 1.82) is 0 Å². The summed E-state index contributed by atoms with van der Waals surface area (Å²) in [5, 5.41) is 0. The average Bonchev–Trinajstić information content (AvgIpc) is 3.14. The van der Waals surface area contributed by atoms with Gasteiger partial charge in [0.15, 0.2) is 0 Å². The lowest BCUT2D eigenvalue weighted by atomic mass is 9.47. The minimum absolute atomic E-state index is 0.0921. The molecule has 0 aromatic rings. The van der Waals surface area contributed by atoms with Crippen LogP contribution in [0.4, 0.5) is 4.39 Å². The summed E-state index contributed by atoms with van der Waals surface area (Å²) < 4.78 is 21.7. The van der Waals surface area contributed by atoms with E-state index in [0.29, 0.717) is 29.8 Å². The van der Waals surface area contributed by atoms with Crippen molar-refractivity contribution in [2.75, 3.05) is 0 Å². The number of hydrogen-bond donors (Lipinski definition) is 0. The molecule has 4 aliphatic carbocycles. The Hall–Kier alpha value is -0.630. The molecule has 1 spiro atoms. The fraction of sp³-hybridized carbons (Fsp3) is 0.810. The molecule has 5 rings (SSSR count). The van der Waals surface area contributed by atoms with Crippen LogP contribution in [0.2, 0.25) is 0 Å². The fourth-order valence-electron chi connectivity index (χ4n) is 7.56. The molecule has 1 nitrogen and oxygen atoms in total. The van der Waals surface area contributed by atoms with E-state index in [0.717, 1.165) is 17.9 Å². The van der Waals surface area contributed by atoms with E-state index in [1.165, 1.54) is 25.7 Å². The number of allylic oxidation sites excluding steroid dienone is 2. The van der Waals surface area contributed by atoms with Crippen LogP contribution in [0, 0.1) is 28.6 Å². The summed E-state index contributed by atoms with van der Waals surface area (Å²) in [5.74, 6) is 1.86. The van der Waals surface area contributed by atoms with Gasteiger partial charge in [0.25, 0.3) is 0 Å². The Labute approximate surface area is 139 Å². The van der Waals surface area contributed by atoms with E-state index in [4.69, 9.17) is 4.74 Å². The summed E-state index contributed by atoms with van der Waals surface area (Å²) in [4.78, 5) is 0. The van der Waals surface area contributed by atoms with Crippen LogP contribution >= 0.6 is 0 Å². The predicted octanol–water partition coefficient (Wildman–Crippen LogP) is 5.22. The van der Waals surface area contributed by atoms with Crippen molar-refractivity contribution in [2.24, 2.45) is 28.6 Å². The van der Waals surface area contributed by atoms with Crippen LogP contribution in [0.15, 0.2) is 23.8 Å². The first kappa shape index (κ1) is 14.7. The number of hydrogen-bond acceptors (Lipinski definition) is 1. The maximum Gasteiger partial charge on any atom is 0.122 e. The fourth-order valence-corrected chi connectivity index (χ4v) is 7.56. The Kier molecular flexibility index (Phi) is 2.75. The lowest BCUT2D eigenvalue weighted by molar-refractivity contribution is -0.0296. The Morgan fingerprint density at radius 1 is 1.26 bits per heavy atom. The topological polar surface area (TPSA) is 12.5 Å². The zero-order valence-corrected chi connectivity index (χ0v) is 14.6. The molecule has 8 atom stereocenters. The Bertz CT molecular complexity index is 609. The smallest absolute Gasteiger partial charge is 0.122 e. The molecular formula is C21H29FO. The standard InChI is InChI=1S/C21H29FO/c1-4-13-8-9-14-16-11-17(22)15-7-5-6-10-20(15,3)21(16)18(23-21)12-19(13,14)2/h6-7,10,13-14,16-18H,4-5,8-9,11-12H2,1-3H3/t13-,14-,16-,17-,18-,19+,20-,21+/m0/s1. The first-order valence-electron chi connectivity index (χ1n) is 9.67. The highest BCUT2D eigenvalue weighted by molar-refractivity contribution is 5.43. The Balaban J connectivity index is 1.61. The van der Waals surface area contributed by atoms with E-state index in [2.05, 4.69) is 39.0 Å². The van der Waals surface area contributed by atoms with Gasteiger partial charge < -0.3 is 4.74 Å². The van der Waals surface area contributed by atoms with Crippen LogP contribution in [-0.4, -0.2) is 17.9 Å². The molecule has 0 bridgehead atoms. The van der Waals surface area contributed by atoms with Gasteiger partial charge in [-0.05, 0) is 67.8 Å². The molecule has 126 valence electrons. The molecule has 0 amide bonds. The van der Waals surface area contributed by atoms with Crippen molar-refractivity contribution in [3.8, 4) is 0 Å². The number of ether oxygens (including phenoxy) is 1. The molecule has 0 aromatic carbocycles. The highest BCUT2D eigenvalue weighted by atomic mass is 19.1. The molecule has 0 unspecified atom stereocenters. The second kappa shape index (κ2) is 4.31. The van der Waals surface area contributed by atoms with Crippen LogP contribution in [0.25, 0.3) is 0 Å². The van der Waals surface area contributed by atoms with Crippen molar-refractivity contribution in [3.63, 3.8) is 0 Å². The third-order valence-corrected chi connectivity index (χ3v) is 8.65. The molecule has 1 aliphatic heterocycles. The van der Waals surface area contributed by atoms with Crippen molar-refractivity contribution in [2.45, 2.75) is 77.2 Å². The normalized spacial score (nSPS) is 59.5. The maximum absolute atomic E-state index is 15.1. The quantitative estimate of drug-likeness (QED) is 0.477. The van der Waals surface area contributed by atoms with Crippen LogP contribution in [0.3, 0.4) is 0 Å². The minimum atomic E-state index is -0.770. The molecule has 5 aliphatic rings. The van der Waals surface area contributed by atoms with Gasteiger partial charge in [0, 0.05) is 5.41 Å². The summed E-state index contributed by atoms with van der Waals surface area (Å²) in [6, 6.07) is 0. The molecule has 1 heterocycles. The molecule has 0 aromatic heterocycles. The van der Waals surface area contributed by atoms with Gasteiger partial charge >= 0.3 is 0 Å². The summed E-state index contributed by atoms with van der Waals surface area (Å²) >= 11 is 0. The summed E-state index contributed by atoms with van der Waals surface area (Å²) in [7, 11) is 0. The number of fused-ring (bicyclic) bond motifs is 3. The number of alkyl halides is 1. The maximum atomic E-state index is 15.1. The second-order valence-corrected chi connectivity index (χ2v) is 9.21. The van der Waals surface area contributed by atoms with Gasteiger partial charge in [0.2, 0.25) is 0 Å². The predicted molar refractivity (Wildman–Crippen MR) is 89.8 cm³/mol.